The van der Waals surface area contributed by atoms with Crippen molar-refractivity contribution in [1.29, 1.82) is 0 Å². The lowest BCUT2D eigenvalue weighted by molar-refractivity contribution is -0.146. The summed E-state index contributed by atoms with van der Waals surface area (Å²) in [5, 5.41) is 0. The molecule has 1 saturated heterocycles. The quantitative estimate of drug-likeness (QED) is 0.785. The second-order valence-electron chi connectivity index (χ2n) is 5.81. The summed E-state index contributed by atoms with van der Waals surface area (Å²) < 4.78 is 26.7. The largest absolute Gasteiger partial charge is 0.340 e. The van der Waals surface area contributed by atoms with Crippen LogP contribution in [0.4, 0.5) is 8.78 Å². The van der Waals surface area contributed by atoms with Crippen LogP contribution in [0.5, 0.6) is 0 Å². The molecule has 3 atom stereocenters. The van der Waals surface area contributed by atoms with Crippen LogP contribution in [0.3, 0.4) is 0 Å². The molecule has 0 aromatic rings. The highest BCUT2D eigenvalue weighted by Gasteiger charge is 2.41. The molecule has 1 saturated carbocycles. The van der Waals surface area contributed by atoms with Crippen molar-refractivity contribution in [3.05, 3.63) is 0 Å². The van der Waals surface area contributed by atoms with Crippen molar-refractivity contribution in [2.75, 3.05) is 6.54 Å². The van der Waals surface area contributed by atoms with E-state index in [0.717, 1.165) is 12.8 Å². The van der Waals surface area contributed by atoms with Crippen LogP contribution in [0.25, 0.3) is 0 Å². The van der Waals surface area contributed by atoms with Crippen LogP contribution in [-0.2, 0) is 4.79 Å². The molecular formula is C13H22F2N2O. The number of carbonyl (C=O) groups is 1. The van der Waals surface area contributed by atoms with E-state index in [9.17, 15) is 13.6 Å². The smallest absolute Gasteiger partial charge is 0.248 e. The van der Waals surface area contributed by atoms with Gasteiger partial charge in [0.25, 0.3) is 0 Å². The molecule has 0 aromatic carbocycles. The molecule has 0 aromatic heterocycles. The van der Waals surface area contributed by atoms with E-state index in [4.69, 9.17) is 5.73 Å². The third-order valence-corrected chi connectivity index (χ3v) is 4.19. The van der Waals surface area contributed by atoms with Crippen molar-refractivity contribution in [2.24, 2.45) is 11.7 Å². The predicted molar refractivity (Wildman–Crippen MR) is 65.3 cm³/mol. The maximum absolute atomic E-state index is 13.4. The molecule has 1 aliphatic heterocycles. The first-order valence-electron chi connectivity index (χ1n) is 6.83. The molecule has 104 valence electrons. The third kappa shape index (κ3) is 2.99. The number of hydrogen-bond acceptors (Lipinski definition) is 2. The summed E-state index contributed by atoms with van der Waals surface area (Å²) in [7, 11) is 0. The van der Waals surface area contributed by atoms with Crippen LogP contribution in [0.1, 0.15) is 45.4 Å². The highest BCUT2D eigenvalue weighted by molar-refractivity contribution is 5.79. The Hall–Kier alpha value is -0.710. The monoisotopic (exact) mass is 260 g/mol. The summed E-state index contributed by atoms with van der Waals surface area (Å²) in [5.74, 6) is -3.24. The Morgan fingerprint density at radius 1 is 1.39 bits per heavy atom. The second kappa shape index (κ2) is 5.11. The first-order valence-corrected chi connectivity index (χ1v) is 6.83. The standard InChI is InChI=1S/C13H22F2N2O/c1-9-7-11(16)4-6-17(9)12(18)10-3-2-5-13(14,15)8-10/h9-11H,2-8,16H2,1H3. The van der Waals surface area contributed by atoms with E-state index in [0.29, 0.717) is 19.4 Å². The third-order valence-electron chi connectivity index (χ3n) is 4.19. The summed E-state index contributed by atoms with van der Waals surface area (Å²) in [6, 6.07) is 0.216. The van der Waals surface area contributed by atoms with Gasteiger partial charge in [-0.2, -0.15) is 0 Å². The van der Waals surface area contributed by atoms with Crippen molar-refractivity contribution in [3.8, 4) is 0 Å². The second-order valence-corrected chi connectivity index (χ2v) is 5.81. The van der Waals surface area contributed by atoms with Gasteiger partial charge in [-0.1, -0.05) is 0 Å². The lowest BCUT2D eigenvalue weighted by Gasteiger charge is -2.40. The normalized spacial score (nSPS) is 36.4. The van der Waals surface area contributed by atoms with Gasteiger partial charge in [0, 0.05) is 37.4 Å². The highest BCUT2D eigenvalue weighted by atomic mass is 19.3. The Kier molecular flexibility index (Phi) is 3.90. The van der Waals surface area contributed by atoms with E-state index in [1.165, 1.54) is 0 Å². The minimum absolute atomic E-state index is 0.0722. The number of rotatable bonds is 1. The van der Waals surface area contributed by atoms with Gasteiger partial charge in [-0.3, -0.25) is 4.79 Å². The molecule has 3 unspecified atom stereocenters. The SMILES string of the molecule is CC1CC(N)CCN1C(=O)C1CCCC(F)(F)C1. The number of likely N-dealkylation sites (tertiary alicyclic amines) is 1. The van der Waals surface area contributed by atoms with Crippen molar-refractivity contribution < 1.29 is 13.6 Å². The number of carbonyl (C=O) groups excluding carboxylic acids is 1. The minimum atomic E-state index is -2.66. The number of alkyl halides is 2. The summed E-state index contributed by atoms with van der Waals surface area (Å²) in [5.41, 5.74) is 5.85. The van der Waals surface area contributed by atoms with Crippen LogP contribution in [0.15, 0.2) is 0 Å². The van der Waals surface area contributed by atoms with Crippen molar-refractivity contribution in [2.45, 2.75) is 63.5 Å². The lowest BCUT2D eigenvalue weighted by atomic mass is 9.84. The van der Waals surface area contributed by atoms with Crippen molar-refractivity contribution in [1.82, 2.24) is 4.90 Å². The number of nitrogens with two attached hydrogens (primary N) is 1. The van der Waals surface area contributed by atoms with E-state index in [-0.39, 0.29) is 30.8 Å². The van der Waals surface area contributed by atoms with Gasteiger partial charge in [0.2, 0.25) is 11.8 Å². The minimum Gasteiger partial charge on any atom is -0.340 e. The molecule has 1 amide bonds. The van der Waals surface area contributed by atoms with Crippen LogP contribution in [0.2, 0.25) is 0 Å². The molecule has 2 rings (SSSR count). The summed E-state index contributed by atoms with van der Waals surface area (Å²) in [4.78, 5) is 14.1. The van der Waals surface area contributed by atoms with E-state index in [1.54, 1.807) is 4.90 Å². The van der Waals surface area contributed by atoms with Gasteiger partial charge in [0.15, 0.2) is 0 Å². The zero-order chi connectivity index (χ0) is 13.3. The summed E-state index contributed by atoms with van der Waals surface area (Å²) in [6.45, 7) is 2.57. The average Bonchev–Trinajstić information content (AvgIpc) is 2.27. The van der Waals surface area contributed by atoms with Crippen molar-refractivity contribution >= 4 is 5.91 Å². The highest BCUT2D eigenvalue weighted by Crippen LogP contribution is 2.38. The molecule has 2 fully saturated rings. The number of hydrogen-bond donors (Lipinski definition) is 1. The van der Waals surface area contributed by atoms with Crippen molar-refractivity contribution in [3.63, 3.8) is 0 Å². The molecule has 3 nitrogen and oxygen atoms in total. The lowest BCUT2D eigenvalue weighted by Crippen LogP contribution is -2.51. The Bertz CT molecular complexity index is 322. The summed E-state index contributed by atoms with van der Waals surface area (Å²) >= 11 is 0. The fourth-order valence-electron chi connectivity index (χ4n) is 3.15. The Balaban J connectivity index is 1.98. The maximum Gasteiger partial charge on any atom is 0.248 e. The van der Waals surface area contributed by atoms with Gasteiger partial charge in [-0.15, -0.1) is 0 Å². The molecular weight excluding hydrogens is 238 g/mol. The Morgan fingerprint density at radius 2 is 2.11 bits per heavy atom. The topological polar surface area (TPSA) is 46.3 Å². The maximum atomic E-state index is 13.4. The van der Waals surface area contributed by atoms with Gasteiger partial charge >= 0.3 is 0 Å². The fourth-order valence-corrected chi connectivity index (χ4v) is 3.15. The Morgan fingerprint density at radius 3 is 2.72 bits per heavy atom. The van der Waals surface area contributed by atoms with E-state index in [2.05, 4.69) is 0 Å². The van der Waals surface area contributed by atoms with Crippen LogP contribution in [-0.4, -0.2) is 35.4 Å². The first kappa shape index (κ1) is 13.7. The molecule has 1 heterocycles. The molecule has 0 radical (unpaired) electrons. The van der Waals surface area contributed by atoms with Gasteiger partial charge < -0.3 is 10.6 Å². The van der Waals surface area contributed by atoms with Gasteiger partial charge in [0.05, 0.1) is 0 Å². The fraction of sp³-hybridized carbons (Fsp3) is 0.923. The number of amides is 1. The molecule has 5 heteroatoms. The van der Waals surface area contributed by atoms with E-state index < -0.39 is 11.8 Å². The molecule has 18 heavy (non-hydrogen) atoms. The zero-order valence-electron chi connectivity index (χ0n) is 10.9. The summed E-state index contributed by atoms with van der Waals surface area (Å²) in [6.07, 6.45) is 2.25. The molecule has 1 aliphatic carbocycles. The molecule has 2 N–H and O–H groups in total. The Labute approximate surface area is 107 Å². The van der Waals surface area contributed by atoms with Gasteiger partial charge in [-0.25, -0.2) is 8.78 Å². The molecule has 0 spiro atoms. The number of piperidine rings is 1. The number of halogens is 2. The van der Waals surface area contributed by atoms with Gasteiger partial charge in [-0.05, 0) is 32.6 Å². The van der Waals surface area contributed by atoms with E-state index >= 15 is 0 Å². The molecule has 0 bridgehead atoms. The van der Waals surface area contributed by atoms with Crippen LogP contribution in [0, 0.1) is 5.92 Å². The average molecular weight is 260 g/mol. The molecule has 2 aliphatic rings. The zero-order valence-corrected chi connectivity index (χ0v) is 10.9. The number of nitrogens with zero attached hydrogens (tertiary/aromatic N) is 1. The predicted octanol–water partition coefficient (Wildman–Crippen LogP) is 2.15. The van der Waals surface area contributed by atoms with Gasteiger partial charge in [0.1, 0.15) is 0 Å². The van der Waals surface area contributed by atoms with Crippen LogP contribution < -0.4 is 5.73 Å². The van der Waals surface area contributed by atoms with Crippen LogP contribution >= 0.6 is 0 Å². The van der Waals surface area contributed by atoms with E-state index in [1.807, 2.05) is 6.92 Å². The first-order chi connectivity index (χ1) is 8.39.